The molecule has 0 saturated carbocycles. The number of aromatic nitrogens is 2. The molecule has 0 bridgehead atoms. The van der Waals surface area contributed by atoms with Crippen molar-refractivity contribution >= 4 is 38.7 Å². The molecule has 50 heavy (non-hydrogen) atoms. The number of para-hydroxylation sites is 1. The van der Waals surface area contributed by atoms with Crippen LogP contribution in [0.1, 0.15) is 46.7 Å². The molecule has 3 aromatic carbocycles. The number of sulfonamides is 1. The fourth-order valence-electron chi connectivity index (χ4n) is 6.42. The number of hydrogen-bond donors (Lipinski definition) is 1. The summed E-state index contributed by atoms with van der Waals surface area (Å²) in [7, 11) is -4.04. The summed E-state index contributed by atoms with van der Waals surface area (Å²) in [6.45, 7) is 4.88. The van der Waals surface area contributed by atoms with Gasteiger partial charge in [-0.1, -0.05) is 72.6 Å². The minimum atomic E-state index is -4.04. The summed E-state index contributed by atoms with van der Waals surface area (Å²) >= 11 is 0. The molecular weight excluding hydrogens is 657 g/mol. The van der Waals surface area contributed by atoms with E-state index in [0.29, 0.717) is 17.9 Å². The number of fused-ring (bicyclic) bond motifs is 5. The first-order valence-corrected chi connectivity index (χ1v) is 17.7. The predicted molar refractivity (Wildman–Crippen MR) is 187 cm³/mol. The summed E-state index contributed by atoms with van der Waals surface area (Å²) in [5, 5.41) is 0.940. The fraction of sp³-hybridized carbons (Fsp3) is 0.237. The van der Waals surface area contributed by atoms with Gasteiger partial charge in [-0.15, -0.1) is 0 Å². The van der Waals surface area contributed by atoms with Gasteiger partial charge in [-0.3, -0.25) is 14.5 Å². The summed E-state index contributed by atoms with van der Waals surface area (Å²) < 4.78 is 42.1. The van der Waals surface area contributed by atoms with Crippen LogP contribution in [0.25, 0.3) is 22.3 Å². The molecule has 0 amide bonds. The first kappa shape index (κ1) is 32.9. The number of amidine groups is 1. The number of nitrogens with zero attached hydrogens (tertiary/aromatic N) is 3. The second kappa shape index (κ2) is 12.7. The molecule has 2 aliphatic heterocycles. The van der Waals surface area contributed by atoms with Crippen molar-refractivity contribution < 1.29 is 27.5 Å². The zero-order valence-electron chi connectivity index (χ0n) is 27.7. The van der Waals surface area contributed by atoms with E-state index in [4.69, 9.17) is 14.5 Å². The lowest BCUT2D eigenvalue weighted by atomic mass is 9.85. The number of rotatable bonds is 8. The highest BCUT2D eigenvalue weighted by Crippen LogP contribution is 2.41. The number of ether oxygens (including phenoxy) is 2. The molecule has 2 aliphatic rings. The Morgan fingerprint density at radius 1 is 1.00 bits per heavy atom. The fourth-order valence-corrected chi connectivity index (χ4v) is 7.48. The lowest BCUT2D eigenvalue weighted by molar-refractivity contribution is -0.188. The van der Waals surface area contributed by atoms with Crippen LogP contribution in [-0.4, -0.2) is 42.3 Å². The average Bonchev–Trinajstić information content (AvgIpc) is 3.46. The molecule has 0 saturated heterocycles. The van der Waals surface area contributed by atoms with Crippen LogP contribution in [0.4, 0.5) is 0 Å². The second-order valence-corrected chi connectivity index (χ2v) is 14.3. The summed E-state index contributed by atoms with van der Waals surface area (Å²) in [5.41, 5.74) is 3.62. The monoisotopic (exact) mass is 690 g/mol. The van der Waals surface area contributed by atoms with Gasteiger partial charge >= 0.3 is 11.9 Å². The minimum Gasteiger partial charge on any atom is -0.457 e. The highest BCUT2D eigenvalue weighted by Gasteiger charge is 2.50. The van der Waals surface area contributed by atoms with Crippen LogP contribution < -0.4 is 10.3 Å². The maximum absolute atomic E-state index is 13.9. The number of esters is 2. The predicted octanol–water partition coefficient (Wildman–Crippen LogP) is 4.87. The van der Waals surface area contributed by atoms with Crippen molar-refractivity contribution in [2.45, 2.75) is 57.3 Å². The molecule has 4 heterocycles. The Hall–Kier alpha value is -5.62. The van der Waals surface area contributed by atoms with E-state index >= 15 is 0 Å². The van der Waals surface area contributed by atoms with E-state index in [1.54, 1.807) is 29.7 Å². The van der Waals surface area contributed by atoms with Gasteiger partial charge in [-0.2, -0.15) is 0 Å². The van der Waals surface area contributed by atoms with Gasteiger partial charge in [0.1, 0.15) is 19.0 Å². The number of carbonyl (C=O) groups is 2. The standard InChI is InChI=1S/C38H34N4O7S/c1-4-38(30-19-32-35-27(18-26-7-5-6-8-31(26)40-35)21-42(32)36(44)29(30)22-48-37(38)45)49-34(43)20-39-33(17-25-13-9-23(2)10-14-25)41-50(46,47)28-15-11-24(3)12-16-28/h5-16,18-19H,4,17,20-22H2,1-3H3,(H,39,41)/t38-/m0/s1. The number of benzene rings is 3. The Morgan fingerprint density at radius 2 is 1.70 bits per heavy atom. The van der Waals surface area contributed by atoms with Crippen molar-refractivity contribution in [2.75, 3.05) is 6.54 Å². The number of carbonyl (C=O) groups excluding carboxylic acids is 2. The zero-order chi connectivity index (χ0) is 35.2. The van der Waals surface area contributed by atoms with Gasteiger partial charge in [-0.05, 0) is 56.2 Å². The van der Waals surface area contributed by atoms with Crippen molar-refractivity contribution in [3.8, 4) is 11.4 Å². The third-order valence-electron chi connectivity index (χ3n) is 9.15. The molecule has 254 valence electrons. The third-order valence-corrected chi connectivity index (χ3v) is 10.5. The molecule has 0 aliphatic carbocycles. The smallest absolute Gasteiger partial charge is 0.355 e. The summed E-state index contributed by atoms with van der Waals surface area (Å²) in [5.74, 6) is -1.70. The molecule has 0 radical (unpaired) electrons. The van der Waals surface area contributed by atoms with Gasteiger partial charge in [0, 0.05) is 22.9 Å². The first-order chi connectivity index (χ1) is 24.0. The summed E-state index contributed by atoms with van der Waals surface area (Å²) in [6, 6.07) is 25.2. The van der Waals surface area contributed by atoms with Gasteiger partial charge in [0.2, 0.25) is 5.60 Å². The van der Waals surface area contributed by atoms with Gasteiger partial charge in [0.15, 0.2) is 0 Å². The number of pyridine rings is 2. The third kappa shape index (κ3) is 5.96. The Labute approximate surface area is 288 Å². The van der Waals surface area contributed by atoms with Crippen molar-refractivity contribution in [1.82, 2.24) is 14.3 Å². The van der Waals surface area contributed by atoms with E-state index < -0.39 is 34.1 Å². The van der Waals surface area contributed by atoms with E-state index in [1.807, 2.05) is 68.4 Å². The van der Waals surface area contributed by atoms with Crippen LogP contribution in [0.15, 0.2) is 99.6 Å². The highest BCUT2D eigenvalue weighted by atomic mass is 32.2. The van der Waals surface area contributed by atoms with Gasteiger partial charge in [0.25, 0.3) is 15.6 Å². The van der Waals surface area contributed by atoms with Gasteiger partial charge in [0.05, 0.1) is 33.9 Å². The van der Waals surface area contributed by atoms with Gasteiger partial charge in [-0.25, -0.2) is 23.0 Å². The maximum atomic E-state index is 13.9. The number of aryl methyl sites for hydroxylation is 2. The molecule has 1 atom stereocenters. The topological polar surface area (TPSA) is 146 Å². The largest absolute Gasteiger partial charge is 0.457 e. The molecule has 11 nitrogen and oxygen atoms in total. The van der Waals surface area contributed by atoms with Gasteiger partial charge < -0.3 is 14.0 Å². The van der Waals surface area contributed by atoms with Crippen LogP contribution in [-0.2, 0) is 54.3 Å². The zero-order valence-corrected chi connectivity index (χ0v) is 28.5. The molecule has 12 heteroatoms. The highest BCUT2D eigenvalue weighted by molar-refractivity contribution is 7.90. The molecular formula is C38H34N4O7S. The first-order valence-electron chi connectivity index (χ1n) is 16.2. The number of hydrogen-bond acceptors (Lipinski definition) is 9. The number of nitrogens with one attached hydrogen (secondary N) is 1. The van der Waals surface area contributed by atoms with Crippen molar-refractivity contribution in [1.29, 1.82) is 0 Å². The second-order valence-electron chi connectivity index (χ2n) is 12.6. The summed E-state index contributed by atoms with van der Waals surface area (Å²) in [4.78, 5) is 50.1. The van der Waals surface area contributed by atoms with Crippen LogP contribution in [0.3, 0.4) is 0 Å². The lowest BCUT2D eigenvalue weighted by Gasteiger charge is -2.35. The van der Waals surface area contributed by atoms with E-state index in [1.165, 1.54) is 12.1 Å². The molecule has 0 fully saturated rings. The Morgan fingerprint density at radius 3 is 2.42 bits per heavy atom. The van der Waals surface area contributed by atoms with Crippen molar-refractivity contribution in [3.05, 3.63) is 129 Å². The van der Waals surface area contributed by atoms with Crippen molar-refractivity contribution in [3.63, 3.8) is 0 Å². The Bertz CT molecular complexity index is 2380. The molecule has 1 N–H and O–H groups in total. The van der Waals surface area contributed by atoms with Crippen LogP contribution in [0.2, 0.25) is 0 Å². The number of aliphatic imine (C=N–C) groups is 1. The van der Waals surface area contributed by atoms with Crippen LogP contribution in [0.5, 0.6) is 0 Å². The Balaban J connectivity index is 1.22. The Kier molecular flexibility index (Phi) is 8.35. The lowest BCUT2D eigenvalue weighted by Crippen LogP contribution is -2.48. The van der Waals surface area contributed by atoms with E-state index in [-0.39, 0.29) is 46.9 Å². The molecule has 0 spiro atoms. The van der Waals surface area contributed by atoms with Crippen LogP contribution >= 0.6 is 0 Å². The summed E-state index contributed by atoms with van der Waals surface area (Å²) in [6.07, 6.45) is 0.0535. The minimum absolute atomic E-state index is 0.00881. The molecule has 7 rings (SSSR count). The SMILES string of the molecule is CC[C@@]1(OC(=O)CN=C(Cc2ccc(C)cc2)NS(=O)(=O)c2ccc(C)cc2)C(=O)OCc2c1cc1n(c2=O)Cc2cc3ccccc3nc2-1. The molecule has 5 aromatic rings. The molecule has 2 aromatic heterocycles. The number of cyclic esters (lactones) is 1. The quantitative estimate of drug-likeness (QED) is 0.135. The average molecular weight is 691 g/mol. The van der Waals surface area contributed by atoms with E-state index in [0.717, 1.165) is 33.2 Å². The normalized spacial score (nSPS) is 16.7. The van der Waals surface area contributed by atoms with Crippen molar-refractivity contribution in [2.24, 2.45) is 4.99 Å². The molecule has 0 unspecified atom stereocenters. The van der Waals surface area contributed by atoms with E-state index in [9.17, 15) is 22.8 Å². The maximum Gasteiger partial charge on any atom is 0.355 e. The van der Waals surface area contributed by atoms with E-state index in [2.05, 4.69) is 9.71 Å². The van der Waals surface area contributed by atoms with Crippen LogP contribution in [0, 0.1) is 13.8 Å².